The molecule has 1 amide bonds. The number of carbonyl (C=O) groups is 1. The number of unbranched alkanes of at least 4 members (excludes halogenated alkanes) is 1. The van der Waals surface area contributed by atoms with Crippen molar-refractivity contribution in [1.82, 2.24) is 14.5 Å². The molecule has 0 saturated carbocycles. The van der Waals surface area contributed by atoms with E-state index >= 15 is 0 Å². The second-order valence-corrected chi connectivity index (χ2v) is 4.71. The Labute approximate surface area is 113 Å². The van der Waals surface area contributed by atoms with Crippen molar-refractivity contribution in [2.45, 2.75) is 26.3 Å². The fourth-order valence-electron chi connectivity index (χ4n) is 2.04. The normalized spacial score (nSPS) is 10.8. The van der Waals surface area contributed by atoms with Gasteiger partial charge in [-0.2, -0.15) is 0 Å². The summed E-state index contributed by atoms with van der Waals surface area (Å²) in [5, 5.41) is 0. The van der Waals surface area contributed by atoms with E-state index in [2.05, 4.69) is 11.9 Å². The molecule has 0 aliphatic carbocycles. The molecule has 0 fully saturated rings. The van der Waals surface area contributed by atoms with Crippen LogP contribution >= 0.6 is 0 Å². The van der Waals surface area contributed by atoms with Crippen LogP contribution in [0.5, 0.6) is 0 Å². The van der Waals surface area contributed by atoms with E-state index in [1.165, 1.54) is 0 Å². The van der Waals surface area contributed by atoms with Crippen LogP contribution in [-0.4, -0.2) is 34.0 Å². The predicted octanol–water partition coefficient (Wildman–Crippen LogP) is 1.88. The molecule has 0 aliphatic heterocycles. The van der Waals surface area contributed by atoms with Gasteiger partial charge in [0.15, 0.2) is 0 Å². The molecule has 2 N–H and O–H groups in total. The number of amides is 1. The average molecular weight is 260 g/mol. The van der Waals surface area contributed by atoms with Gasteiger partial charge in [-0.15, -0.1) is 0 Å². The van der Waals surface area contributed by atoms with Gasteiger partial charge < -0.3 is 15.2 Å². The number of para-hydroxylation sites is 2. The second kappa shape index (κ2) is 5.73. The van der Waals surface area contributed by atoms with Crippen LogP contribution in [0.4, 0.5) is 5.95 Å². The van der Waals surface area contributed by atoms with Crippen molar-refractivity contribution in [3.63, 3.8) is 0 Å². The molecular formula is C14H20N4O. The molecule has 0 aliphatic rings. The van der Waals surface area contributed by atoms with Crippen molar-refractivity contribution in [3.8, 4) is 0 Å². The summed E-state index contributed by atoms with van der Waals surface area (Å²) >= 11 is 0. The molecule has 1 aromatic carbocycles. The number of nitrogens with zero attached hydrogens (tertiary/aromatic N) is 3. The van der Waals surface area contributed by atoms with E-state index in [4.69, 9.17) is 5.73 Å². The van der Waals surface area contributed by atoms with Crippen LogP contribution in [-0.2, 0) is 11.3 Å². The van der Waals surface area contributed by atoms with Gasteiger partial charge >= 0.3 is 0 Å². The van der Waals surface area contributed by atoms with Gasteiger partial charge in [-0.05, 0) is 18.6 Å². The Kier molecular flexibility index (Phi) is 4.04. The van der Waals surface area contributed by atoms with Crippen LogP contribution < -0.4 is 5.73 Å². The number of hydrogen-bond acceptors (Lipinski definition) is 3. The summed E-state index contributed by atoms with van der Waals surface area (Å²) in [6.07, 6.45) is 2.09. The monoisotopic (exact) mass is 260 g/mol. The molecule has 0 bridgehead atoms. The molecule has 0 saturated heterocycles. The van der Waals surface area contributed by atoms with Crippen LogP contribution in [0.3, 0.4) is 0 Å². The lowest BCUT2D eigenvalue weighted by molar-refractivity contribution is -0.130. The van der Waals surface area contributed by atoms with E-state index in [1.54, 1.807) is 9.47 Å². The lowest BCUT2D eigenvalue weighted by Crippen LogP contribution is -2.31. The van der Waals surface area contributed by atoms with Gasteiger partial charge in [0.05, 0.1) is 11.0 Å². The van der Waals surface area contributed by atoms with E-state index < -0.39 is 0 Å². The van der Waals surface area contributed by atoms with E-state index in [0.29, 0.717) is 5.95 Å². The number of benzene rings is 1. The molecule has 2 aromatic rings. The Hall–Kier alpha value is -2.04. The average Bonchev–Trinajstić information content (AvgIpc) is 2.72. The van der Waals surface area contributed by atoms with Gasteiger partial charge in [0.1, 0.15) is 6.54 Å². The minimum atomic E-state index is 0.0586. The van der Waals surface area contributed by atoms with E-state index in [1.807, 2.05) is 31.3 Å². The summed E-state index contributed by atoms with van der Waals surface area (Å²) in [4.78, 5) is 18.1. The summed E-state index contributed by atoms with van der Waals surface area (Å²) in [6.45, 7) is 3.13. The van der Waals surface area contributed by atoms with Crippen molar-refractivity contribution < 1.29 is 4.79 Å². The Morgan fingerprint density at radius 2 is 2.16 bits per heavy atom. The van der Waals surface area contributed by atoms with Crippen molar-refractivity contribution >= 4 is 22.9 Å². The SMILES string of the molecule is CCCCN(C)C(=O)Cn1c(N)nc2ccccc21. The first-order valence-corrected chi connectivity index (χ1v) is 6.58. The molecule has 2 rings (SSSR count). The Morgan fingerprint density at radius 3 is 2.89 bits per heavy atom. The fraction of sp³-hybridized carbons (Fsp3) is 0.429. The van der Waals surface area contributed by atoms with E-state index in [9.17, 15) is 4.79 Å². The fourth-order valence-corrected chi connectivity index (χ4v) is 2.04. The van der Waals surface area contributed by atoms with Crippen molar-refractivity contribution in [2.24, 2.45) is 0 Å². The smallest absolute Gasteiger partial charge is 0.242 e. The highest BCUT2D eigenvalue weighted by Crippen LogP contribution is 2.17. The van der Waals surface area contributed by atoms with Gasteiger partial charge in [0.2, 0.25) is 11.9 Å². The highest BCUT2D eigenvalue weighted by Gasteiger charge is 2.13. The van der Waals surface area contributed by atoms with Crippen molar-refractivity contribution in [1.29, 1.82) is 0 Å². The number of anilines is 1. The molecule has 1 heterocycles. The maximum atomic E-state index is 12.1. The summed E-state index contributed by atoms with van der Waals surface area (Å²) < 4.78 is 1.76. The first-order chi connectivity index (χ1) is 9.13. The van der Waals surface area contributed by atoms with E-state index in [-0.39, 0.29) is 12.5 Å². The highest BCUT2D eigenvalue weighted by molar-refractivity contribution is 5.82. The van der Waals surface area contributed by atoms with Crippen LogP contribution in [0, 0.1) is 0 Å². The number of imidazole rings is 1. The Bertz CT molecular complexity index is 576. The molecule has 1 aromatic heterocycles. The minimum absolute atomic E-state index is 0.0586. The highest BCUT2D eigenvalue weighted by atomic mass is 16.2. The first kappa shape index (κ1) is 13.4. The topological polar surface area (TPSA) is 64.2 Å². The van der Waals surface area contributed by atoms with Gasteiger partial charge in [-0.1, -0.05) is 25.5 Å². The van der Waals surface area contributed by atoms with Gasteiger partial charge in [-0.3, -0.25) is 4.79 Å². The minimum Gasteiger partial charge on any atom is -0.369 e. The summed E-state index contributed by atoms with van der Waals surface area (Å²) in [7, 11) is 1.83. The number of rotatable bonds is 5. The summed E-state index contributed by atoms with van der Waals surface area (Å²) in [5.74, 6) is 0.446. The molecule has 5 heteroatoms. The van der Waals surface area contributed by atoms with Crippen molar-refractivity contribution in [2.75, 3.05) is 19.3 Å². The van der Waals surface area contributed by atoms with Gasteiger partial charge in [0, 0.05) is 13.6 Å². The van der Waals surface area contributed by atoms with Crippen LogP contribution in [0.15, 0.2) is 24.3 Å². The molecule has 19 heavy (non-hydrogen) atoms. The molecule has 102 valence electrons. The standard InChI is InChI=1S/C14H20N4O/c1-3-4-9-17(2)13(19)10-18-12-8-6-5-7-11(12)16-14(18)15/h5-8H,3-4,9-10H2,1-2H3,(H2,15,16). The van der Waals surface area contributed by atoms with Crippen LogP contribution in [0.1, 0.15) is 19.8 Å². The quantitative estimate of drug-likeness (QED) is 0.892. The zero-order valence-corrected chi connectivity index (χ0v) is 11.5. The summed E-state index contributed by atoms with van der Waals surface area (Å²) in [6, 6.07) is 7.66. The predicted molar refractivity (Wildman–Crippen MR) is 76.7 cm³/mol. The third-order valence-corrected chi connectivity index (χ3v) is 3.25. The zero-order valence-electron chi connectivity index (χ0n) is 11.5. The molecule has 0 atom stereocenters. The lowest BCUT2D eigenvalue weighted by Gasteiger charge is -2.17. The first-order valence-electron chi connectivity index (χ1n) is 6.58. The molecule has 0 radical (unpaired) electrons. The maximum absolute atomic E-state index is 12.1. The van der Waals surface area contributed by atoms with Gasteiger partial charge in [0.25, 0.3) is 0 Å². The molecule has 0 spiro atoms. The third-order valence-electron chi connectivity index (χ3n) is 3.25. The second-order valence-electron chi connectivity index (χ2n) is 4.71. The lowest BCUT2D eigenvalue weighted by atomic mass is 10.3. The van der Waals surface area contributed by atoms with E-state index in [0.717, 1.165) is 30.4 Å². The summed E-state index contributed by atoms with van der Waals surface area (Å²) in [5.41, 5.74) is 7.61. The number of aromatic nitrogens is 2. The van der Waals surface area contributed by atoms with Gasteiger partial charge in [-0.25, -0.2) is 4.98 Å². The molecule has 0 unspecified atom stereocenters. The zero-order chi connectivity index (χ0) is 13.8. The number of nitrogen functional groups attached to an aromatic ring is 1. The Morgan fingerprint density at radius 1 is 1.42 bits per heavy atom. The maximum Gasteiger partial charge on any atom is 0.242 e. The number of nitrogens with two attached hydrogens (primary N) is 1. The number of carbonyl (C=O) groups excluding carboxylic acids is 1. The molecule has 5 nitrogen and oxygen atoms in total. The number of hydrogen-bond donors (Lipinski definition) is 1. The molecular weight excluding hydrogens is 240 g/mol. The third kappa shape index (κ3) is 2.86. The van der Waals surface area contributed by atoms with Crippen molar-refractivity contribution in [3.05, 3.63) is 24.3 Å². The van der Waals surface area contributed by atoms with Crippen LogP contribution in [0.2, 0.25) is 0 Å². The number of likely N-dealkylation sites (N-methyl/N-ethyl adjacent to an activating group) is 1. The van der Waals surface area contributed by atoms with Crippen LogP contribution in [0.25, 0.3) is 11.0 Å². The number of fused-ring (bicyclic) bond motifs is 1. The Balaban J connectivity index is 2.17. The largest absolute Gasteiger partial charge is 0.369 e.